The van der Waals surface area contributed by atoms with Gasteiger partial charge < -0.3 is 10.2 Å². The first kappa shape index (κ1) is 16.6. The number of hydrogen-bond donors (Lipinski definition) is 1. The predicted octanol–water partition coefficient (Wildman–Crippen LogP) is 1.25. The van der Waals surface area contributed by atoms with E-state index in [1.54, 1.807) is 18.5 Å². The lowest BCUT2D eigenvalue weighted by atomic mass is 10.3. The van der Waals surface area contributed by atoms with Crippen molar-refractivity contribution in [1.82, 2.24) is 15.0 Å². The lowest BCUT2D eigenvalue weighted by Gasteiger charge is -2.17. The smallest absolute Gasteiger partial charge is 0.353 e. The molecule has 120 valence electrons. The van der Waals surface area contributed by atoms with Crippen LogP contribution in [0.15, 0.2) is 30.9 Å². The molecule has 24 heavy (non-hydrogen) atoms. The van der Waals surface area contributed by atoms with E-state index in [0.717, 1.165) is 11.9 Å². The van der Waals surface area contributed by atoms with Gasteiger partial charge in [-0.3, -0.25) is 15.1 Å². The maximum Gasteiger partial charge on any atom is 0.353 e. The van der Waals surface area contributed by atoms with Crippen LogP contribution in [0.1, 0.15) is 5.56 Å². The Balaban J connectivity index is 2.35. The summed E-state index contributed by atoms with van der Waals surface area (Å²) < 4.78 is 0. The van der Waals surface area contributed by atoms with Gasteiger partial charge in [0.25, 0.3) is 0 Å². The Morgan fingerprint density at radius 3 is 2.62 bits per heavy atom. The molecule has 10 nitrogen and oxygen atoms in total. The number of nitriles is 2. The molecule has 10 heteroatoms. The summed E-state index contributed by atoms with van der Waals surface area (Å²) in [6, 6.07) is 7.27. The maximum atomic E-state index is 11.4. The number of hydrogen-bond acceptors (Lipinski definition) is 9. The van der Waals surface area contributed by atoms with Crippen molar-refractivity contribution in [1.29, 1.82) is 10.5 Å². The summed E-state index contributed by atoms with van der Waals surface area (Å²) in [5.74, 6) is -0.0680. The minimum absolute atomic E-state index is 0.00901. The Hall–Kier alpha value is -3.79. The molecule has 0 aliphatic heterocycles. The van der Waals surface area contributed by atoms with E-state index >= 15 is 0 Å². The van der Waals surface area contributed by atoms with Crippen molar-refractivity contribution in [2.24, 2.45) is 0 Å². The number of aromatic nitrogens is 3. The van der Waals surface area contributed by atoms with Gasteiger partial charge in [0.05, 0.1) is 17.1 Å². The second kappa shape index (κ2) is 8.00. The van der Waals surface area contributed by atoms with Gasteiger partial charge in [-0.2, -0.15) is 10.5 Å². The Bertz CT molecular complexity index is 781. The Morgan fingerprint density at radius 1 is 1.29 bits per heavy atom. The van der Waals surface area contributed by atoms with E-state index in [4.69, 9.17) is 10.5 Å². The highest BCUT2D eigenvalue weighted by Crippen LogP contribution is 2.31. The largest absolute Gasteiger partial charge is 0.360 e. The van der Waals surface area contributed by atoms with Crippen molar-refractivity contribution in [2.45, 2.75) is 6.54 Å². The molecule has 0 fully saturated rings. The fourth-order valence-corrected chi connectivity index (χ4v) is 1.96. The monoisotopic (exact) mass is 324 g/mol. The molecule has 1 N–H and O–H groups in total. The van der Waals surface area contributed by atoms with Gasteiger partial charge >= 0.3 is 5.69 Å². The molecule has 0 saturated carbocycles. The van der Waals surface area contributed by atoms with Crippen LogP contribution in [0, 0.1) is 32.8 Å². The zero-order chi connectivity index (χ0) is 17.4. The molecule has 0 amide bonds. The molecule has 0 aliphatic carbocycles. The molecule has 0 saturated heterocycles. The van der Waals surface area contributed by atoms with Crippen LogP contribution < -0.4 is 10.2 Å². The Morgan fingerprint density at radius 2 is 2.04 bits per heavy atom. The molecule has 0 bridgehead atoms. The first-order chi connectivity index (χ1) is 11.7. The number of nitrogens with one attached hydrogen (secondary N) is 1. The molecule has 0 spiro atoms. The van der Waals surface area contributed by atoms with E-state index in [1.165, 1.54) is 4.90 Å². The van der Waals surface area contributed by atoms with E-state index in [9.17, 15) is 10.1 Å². The highest BCUT2D eigenvalue weighted by atomic mass is 16.6. The van der Waals surface area contributed by atoms with Crippen LogP contribution in [0.4, 0.5) is 17.3 Å². The fraction of sp³-hybridized carbons (Fsp3) is 0.214. The average Bonchev–Trinajstić information content (AvgIpc) is 2.60. The van der Waals surface area contributed by atoms with Gasteiger partial charge in [-0.05, 0) is 11.6 Å². The molecular weight excluding hydrogens is 312 g/mol. The summed E-state index contributed by atoms with van der Waals surface area (Å²) in [5, 5.41) is 32.0. The summed E-state index contributed by atoms with van der Waals surface area (Å²) in [6.07, 6.45) is 4.39. The van der Waals surface area contributed by atoms with Crippen molar-refractivity contribution < 1.29 is 4.92 Å². The summed E-state index contributed by atoms with van der Waals surface area (Å²) in [4.78, 5) is 23.8. The lowest BCUT2D eigenvalue weighted by molar-refractivity contribution is -0.383. The Kier molecular flexibility index (Phi) is 5.53. The molecule has 0 unspecified atom stereocenters. The molecule has 2 rings (SSSR count). The van der Waals surface area contributed by atoms with Gasteiger partial charge in [0, 0.05) is 18.9 Å². The molecule has 0 radical (unpaired) electrons. The third-order valence-corrected chi connectivity index (χ3v) is 2.99. The first-order valence-corrected chi connectivity index (χ1v) is 6.78. The molecular formula is C14H12N8O2. The highest BCUT2D eigenvalue weighted by molar-refractivity contribution is 5.70. The highest BCUT2D eigenvalue weighted by Gasteiger charge is 2.26. The van der Waals surface area contributed by atoms with E-state index < -0.39 is 4.92 Å². The zero-order valence-electron chi connectivity index (χ0n) is 12.5. The molecule has 2 aromatic rings. The van der Waals surface area contributed by atoms with Crippen LogP contribution in [0.5, 0.6) is 0 Å². The normalized spacial score (nSPS) is 9.58. The molecule has 2 aromatic heterocycles. The zero-order valence-corrected chi connectivity index (χ0v) is 12.5. The number of nitrogens with zero attached hydrogens (tertiary/aromatic N) is 7. The Labute approximate surface area is 137 Å². The first-order valence-electron chi connectivity index (χ1n) is 6.78. The van der Waals surface area contributed by atoms with Crippen LogP contribution in [0.3, 0.4) is 0 Å². The summed E-state index contributed by atoms with van der Waals surface area (Å²) in [6.45, 7) is -0.122. The number of rotatable bonds is 7. The molecule has 0 aliphatic rings. The lowest BCUT2D eigenvalue weighted by Crippen LogP contribution is -2.26. The molecule has 2 heterocycles. The SMILES string of the molecule is N#CCN(CC#N)c1ncnc(NCc2cccnc2)c1[N+](=O)[O-]. The van der Waals surface area contributed by atoms with Gasteiger partial charge in [0.15, 0.2) is 0 Å². The second-order valence-corrected chi connectivity index (χ2v) is 4.54. The number of pyridine rings is 1. The molecule has 0 aromatic carbocycles. The van der Waals surface area contributed by atoms with Crippen LogP contribution in [0.25, 0.3) is 0 Å². The number of nitro groups is 1. The topological polar surface area (TPSA) is 145 Å². The standard InChI is InChI=1S/C14H12N8O2/c15-3-6-21(7-4-16)14-12(22(23)24)13(19-10-20-14)18-9-11-2-1-5-17-8-11/h1-2,5,8,10H,6-7,9H2,(H,18,19,20). The predicted molar refractivity (Wildman–Crippen MR) is 83.7 cm³/mol. The van der Waals surface area contributed by atoms with Crippen molar-refractivity contribution >= 4 is 17.3 Å². The van der Waals surface area contributed by atoms with E-state index in [1.807, 2.05) is 18.2 Å². The van der Waals surface area contributed by atoms with Crippen molar-refractivity contribution in [2.75, 3.05) is 23.3 Å². The summed E-state index contributed by atoms with van der Waals surface area (Å²) in [7, 11) is 0. The minimum atomic E-state index is -0.636. The van der Waals surface area contributed by atoms with Gasteiger partial charge in [0.2, 0.25) is 11.6 Å². The van der Waals surface area contributed by atoms with Gasteiger partial charge in [0.1, 0.15) is 19.4 Å². The summed E-state index contributed by atoms with van der Waals surface area (Å²) in [5.41, 5.74) is 0.435. The van der Waals surface area contributed by atoms with Gasteiger partial charge in [-0.15, -0.1) is 0 Å². The molecule has 0 atom stereocenters. The van der Waals surface area contributed by atoms with Crippen molar-refractivity contribution in [3.05, 3.63) is 46.5 Å². The average molecular weight is 324 g/mol. The fourth-order valence-electron chi connectivity index (χ4n) is 1.96. The van der Waals surface area contributed by atoms with Crippen LogP contribution in [-0.2, 0) is 6.54 Å². The minimum Gasteiger partial charge on any atom is -0.360 e. The van der Waals surface area contributed by atoms with E-state index in [2.05, 4.69) is 20.3 Å². The van der Waals surface area contributed by atoms with Crippen LogP contribution in [-0.4, -0.2) is 33.0 Å². The van der Waals surface area contributed by atoms with Crippen LogP contribution in [0.2, 0.25) is 0 Å². The van der Waals surface area contributed by atoms with E-state index in [-0.39, 0.29) is 37.0 Å². The van der Waals surface area contributed by atoms with E-state index in [0.29, 0.717) is 0 Å². The summed E-state index contributed by atoms with van der Waals surface area (Å²) >= 11 is 0. The number of anilines is 2. The van der Waals surface area contributed by atoms with Crippen LogP contribution >= 0.6 is 0 Å². The van der Waals surface area contributed by atoms with Crippen molar-refractivity contribution in [3.63, 3.8) is 0 Å². The quantitative estimate of drug-likeness (QED) is 0.451. The maximum absolute atomic E-state index is 11.4. The third-order valence-electron chi connectivity index (χ3n) is 2.99. The second-order valence-electron chi connectivity index (χ2n) is 4.54. The third kappa shape index (κ3) is 3.90. The van der Waals surface area contributed by atoms with Gasteiger partial charge in [-0.25, -0.2) is 9.97 Å². The van der Waals surface area contributed by atoms with Gasteiger partial charge in [-0.1, -0.05) is 6.07 Å². The van der Waals surface area contributed by atoms with Crippen molar-refractivity contribution in [3.8, 4) is 12.1 Å².